The van der Waals surface area contributed by atoms with Crippen molar-refractivity contribution >= 4 is 0 Å². The van der Waals surface area contributed by atoms with E-state index in [0.29, 0.717) is 0 Å². The molecule has 1 unspecified atom stereocenters. The Kier molecular flexibility index (Phi) is 2.88. The van der Waals surface area contributed by atoms with Gasteiger partial charge in [0.1, 0.15) is 23.0 Å². The first kappa shape index (κ1) is 11.0. The van der Waals surface area contributed by atoms with Gasteiger partial charge in [0.2, 0.25) is 0 Å². The first-order valence-electron chi connectivity index (χ1n) is 5.46. The molecule has 3 heteroatoms. The van der Waals surface area contributed by atoms with Crippen LogP contribution in [-0.2, 0) is 0 Å². The summed E-state index contributed by atoms with van der Waals surface area (Å²) in [6.07, 6.45) is 0. The van der Waals surface area contributed by atoms with Crippen molar-refractivity contribution in [1.29, 1.82) is 0 Å². The zero-order chi connectivity index (χ0) is 11.7. The van der Waals surface area contributed by atoms with Crippen molar-refractivity contribution in [2.75, 3.05) is 0 Å². The molecule has 2 heterocycles. The molecule has 0 saturated heterocycles. The number of hydrogen-bond acceptors (Lipinski definition) is 3. The number of nitrogens with two attached hydrogens (primary N) is 1. The second kappa shape index (κ2) is 4.18. The van der Waals surface area contributed by atoms with Crippen LogP contribution < -0.4 is 5.73 Å². The summed E-state index contributed by atoms with van der Waals surface area (Å²) in [6.45, 7) is 5.81. The molecule has 0 fully saturated rings. The Hall–Kier alpha value is -1.48. The van der Waals surface area contributed by atoms with Crippen LogP contribution in [0.25, 0.3) is 0 Å². The van der Waals surface area contributed by atoms with Crippen molar-refractivity contribution in [3.05, 3.63) is 47.3 Å². The first-order chi connectivity index (χ1) is 7.58. The Morgan fingerprint density at radius 1 is 0.938 bits per heavy atom. The van der Waals surface area contributed by atoms with Gasteiger partial charge in [-0.2, -0.15) is 0 Å². The molecule has 3 nitrogen and oxygen atoms in total. The van der Waals surface area contributed by atoms with Crippen LogP contribution in [0.15, 0.2) is 33.1 Å². The van der Waals surface area contributed by atoms with E-state index in [9.17, 15) is 0 Å². The summed E-state index contributed by atoms with van der Waals surface area (Å²) in [5.41, 5.74) is 6.00. The van der Waals surface area contributed by atoms with Crippen molar-refractivity contribution in [1.82, 2.24) is 0 Å². The van der Waals surface area contributed by atoms with Crippen LogP contribution >= 0.6 is 0 Å². The van der Waals surface area contributed by atoms with Gasteiger partial charge in [-0.3, -0.25) is 0 Å². The van der Waals surface area contributed by atoms with Crippen molar-refractivity contribution in [2.45, 2.75) is 32.7 Å². The Bertz CT molecular complexity index is 427. The van der Waals surface area contributed by atoms with Gasteiger partial charge in [0.25, 0.3) is 0 Å². The van der Waals surface area contributed by atoms with Gasteiger partial charge in [-0.1, -0.05) is 0 Å². The lowest BCUT2D eigenvalue weighted by atomic mass is 9.96. The number of rotatable bonds is 3. The van der Waals surface area contributed by atoms with Crippen molar-refractivity contribution in [3.63, 3.8) is 0 Å². The van der Waals surface area contributed by atoms with Crippen LogP contribution in [0.1, 0.15) is 35.9 Å². The van der Waals surface area contributed by atoms with E-state index in [-0.39, 0.29) is 12.0 Å². The van der Waals surface area contributed by atoms with E-state index in [1.165, 1.54) is 0 Å². The summed E-state index contributed by atoms with van der Waals surface area (Å²) < 4.78 is 11.3. The van der Waals surface area contributed by atoms with E-state index in [4.69, 9.17) is 14.6 Å². The fourth-order valence-corrected chi connectivity index (χ4v) is 1.90. The minimum Gasteiger partial charge on any atom is -0.466 e. The van der Waals surface area contributed by atoms with Gasteiger partial charge >= 0.3 is 0 Å². The third-order valence-corrected chi connectivity index (χ3v) is 2.66. The molecule has 0 radical (unpaired) electrons. The summed E-state index contributed by atoms with van der Waals surface area (Å²) in [5, 5.41) is 0. The number of hydrogen-bond donors (Lipinski definition) is 1. The largest absolute Gasteiger partial charge is 0.466 e. The van der Waals surface area contributed by atoms with Crippen LogP contribution in [0.3, 0.4) is 0 Å². The third-order valence-electron chi connectivity index (χ3n) is 2.66. The van der Waals surface area contributed by atoms with Gasteiger partial charge in [0.05, 0.1) is 5.92 Å². The fraction of sp³-hybridized carbons (Fsp3) is 0.385. The quantitative estimate of drug-likeness (QED) is 0.863. The van der Waals surface area contributed by atoms with Crippen LogP contribution in [0.4, 0.5) is 0 Å². The molecule has 0 amide bonds. The van der Waals surface area contributed by atoms with Gasteiger partial charge in [0.15, 0.2) is 0 Å². The lowest BCUT2D eigenvalue weighted by Gasteiger charge is -2.15. The molecule has 2 aromatic heterocycles. The molecular weight excluding hydrogens is 202 g/mol. The summed E-state index contributed by atoms with van der Waals surface area (Å²) >= 11 is 0. The average Bonchev–Trinajstić information content (AvgIpc) is 2.76. The fourth-order valence-electron chi connectivity index (χ4n) is 1.90. The maximum atomic E-state index is 6.00. The smallest absolute Gasteiger partial charge is 0.116 e. The Balaban J connectivity index is 2.38. The highest BCUT2D eigenvalue weighted by Crippen LogP contribution is 2.29. The van der Waals surface area contributed by atoms with Gasteiger partial charge < -0.3 is 14.6 Å². The van der Waals surface area contributed by atoms with Crippen molar-refractivity contribution in [3.8, 4) is 0 Å². The van der Waals surface area contributed by atoms with Crippen LogP contribution in [0, 0.1) is 13.8 Å². The van der Waals surface area contributed by atoms with Crippen LogP contribution in [0.2, 0.25) is 0 Å². The first-order valence-corrected chi connectivity index (χ1v) is 5.46. The number of furan rings is 2. The van der Waals surface area contributed by atoms with Gasteiger partial charge in [-0.15, -0.1) is 0 Å². The highest BCUT2D eigenvalue weighted by atomic mass is 16.4. The minimum absolute atomic E-state index is 0.0117. The molecule has 0 aliphatic carbocycles. The zero-order valence-corrected chi connectivity index (χ0v) is 9.86. The molecule has 0 spiro atoms. The molecule has 0 aliphatic heterocycles. The predicted octanol–water partition coefficient (Wildman–Crippen LogP) is 2.97. The summed E-state index contributed by atoms with van der Waals surface area (Å²) in [7, 11) is 0. The lowest BCUT2D eigenvalue weighted by Crippen LogP contribution is -2.25. The molecule has 2 N–H and O–H groups in total. The summed E-state index contributed by atoms with van der Waals surface area (Å²) in [4.78, 5) is 0. The molecule has 0 aromatic carbocycles. The van der Waals surface area contributed by atoms with E-state index < -0.39 is 0 Å². The third kappa shape index (κ3) is 2.04. The maximum Gasteiger partial charge on any atom is 0.116 e. The molecule has 16 heavy (non-hydrogen) atoms. The van der Waals surface area contributed by atoms with Gasteiger partial charge in [-0.25, -0.2) is 0 Å². The van der Waals surface area contributed by atoms with E-state index in [0.717, 1.165) is 23.0 Å². The van der Waals surface area contributed by atoms with E-state index in [1.54, 1.807) is 0 Å². The predicted molar refractivity (Wildman–Crippen MR) is 62.4 cm³/mol. The van der Waals surface area contributed by atoms with Crippen molar-refractivity contribution < 1.29 is 8.83 Å². The van der Waals surface area contributed by atoms with Gasteiger partial charge in [0, 0.05) is 6.04 Å². The second-order valence-electron chi connectivity index (χ2n) is 4.23. The molecule has 2 rings (SSSR count). The standard InChI is InChI=1S/C13H17NO2/c1-8-4-6-11(15-8)13(10(3)14)12-7-5-9(2)16-12/h4-7,10,13H,14H2,1-3H3. The average molecular weight is 219 g/mol. The molecule has 86 valence electrons. The van der Waals surface area contributed by atoms with Crippen LogP contribution in [-0.4, -0.2) is 6.04 Å². The van der Waals surface area contributed by atoms with Crippen LogP contribution in [0.5, 0.6) is 0 Å². The normalized spacial score (nSPS) is 13.3. The Morgan fingerprint density at radius 3 is 1.62 bits per heavy atom. The van der Waals surface area contributed by atoms with E-state index >= 15 is 0 Å². The summed E-state index contributed by atoms with van der Waals surface area (Å²) in [5.74, 6) is 3.50. The molecule has 0 saturated carbocycles. The van der Waals surface area contributed by atoms with E-state index in [2.05, 4.69) is 0 Å². The maximum absolute atomic E-state index is 6.00. The second-order valence-corrected chi connectivity index (χ2v) is 4.23. The topological polar surface area (TPSA) is 52.3 Å². The highest BCUT2D eigenvalue weighted by Gasteiger charge is 2.24. The zero-order valence-electron chi connectivity index (χ0n) is 9.86. The highest BCUT2D eigenvalue weighted by molar-refractivity contribution is 5.24. The molecular formula is C13H17NO2. The molecule has 0 bridgehead atoms. The Morgan fingerprint density at radius 2 is 1.38 bits per heavy atom. The van der Waals surface area contributed by atoms with Crippen molar-refractivity contribution in [2.24, 2.45) is 5.73 Å². The lowest BCUT2D eigenvalue weighted by molar-refractivity contribution is 0.385. The molecule has 2 aromatic rings. The molecule has 0 aliphatic rings. The summed E-state index contributed by atoms with van der Waals surface area (Å²) in [6, 6.07) is 7.76. The SMILES string of the molecule is Cc1ccc(C(c2ccc(C)o2)C(C)N)o1. The molecule has 1 atom stereocenters. The monoisotopic (exact) mass is 219 g/mol. The minimum atomic E-state index is -0.0453. The Labute approximate surface area is 95.2 Å². The van der Waals surface area contributed by atoms with Gasteiger partial charge in [-0.05, 0) is 45.0 Å². The number of aryl methyl sites for hydroxylation is 2. The van der Waals surface area contributed by atoms with E-state index in [1.807, 2.05) is 45.0 Å².